The topological polar surface area (TPSA) is 109 Å². The average molecular weight is 263 g/mol. The highest BCUT2D eigenvalue weighted by Crippen LogP contribution is 2.38. The van der Waals surface area contributed by atoms with E-state index in [0.717, 1.165) is 0 Å². The Bertz CT molecular complexity index is 443. The molecule has 1 heterocycles. The van der Waals surface area contributed by atoms with E-state index in [4.69, 9.17) is 14.5 Å². The third-order valence-electron chi connectivity index (χ3n) is 2.11. The first-order chi connectivity index (χ1) is 7.85. The zero-order valence-corrected chi connectivity index (χ0v) is 10.3. The molecule has 1 aromatic heterocycles. The highest BCUT2D eigenvalue weighted by atomic mass is 31.2. The van der Waals surface area contributed by atoms with Crippen LogP contribution < -0.4 is 0 Å². The molecule has 1 rings (SSSR count). The standard InChI is InChI=1S/C9H14NO6P/c1-6-9(11)8(5-15-2)7(3-10-6)4-16-17(12,13)14/h3,11H,4-5H2,1-2H3,(H2,12,13,14). The summed E-state index contributed by atoms with van der Waals surface area (Å²) in [7, 11) is -3.10. The fourth-order valence-electron chi connectivity index (χ4n) is 1.27. The van der Waals surface area contributed by atoms with Gasteiger partial charge in [-0.2, -0.15) is 0 Å². The third kappa shape index (κ3) is 4.07. The predicted molar refractivity (Wildman–Crippen MR) is 58.2 cm³/mol. The predicted octanol–water partition coefficient (Wildman–Crippen LogP) is 0.851. The number of hydrogen-bond donors (Lipinski definition) is 3. The van der Waals surface area contributed by atoms with Gasteiger partial charge in [0.25, 0.3) is 0 Å². The molecule has 1 aromatic rings. The van der Waals surface area contributed by atoms with Crippen molar-refractivity contribution in [3.05, 3.63) is 23.0 Å². The van der Waals surface area contributed by atoms with Crippen molar-refractivity contribution in [2.45, 2.75) is 20.1 Å². The summed E-state index contributed by atoms with van der Waals surface area (Å²) in [5.74, 6) is -0.0568. The van der Waals surface area contributed by atoms with Crippen LogP contribution in [0.2, 0.25) is 0 Å². The molecule has 17 heavy (non-hydrogen) atoms. The number of aromatic nitrogens is 1. The van der Waals surface area contributed by atoms with Gasteiger partial charge < -0.3 is 19.6 Å². The molecule has 0 saturated heterocycles. The van der Waals surface area contributed by atoms with Crippen molar-refractivity contribution in [2.75, 3.05) is 7.11 Å². The van der Waals surface area contributed by atoms with Crippen LogP contribution in [0, 0.1) is 6.92 Å². The van der Waals surface area contributed by atoms with Crippen molar-refractivity contribution in [1.82, 2.24) is 4.98 Å². The second-order valence-electron chi connectivity index (χ2n) is 3.39. The number of pyridine rings is 1. The molecule has 0 fully saturated rings. The summed E-state index contributed by atoms with van der Waals surface area (Å²) in [6, 6.07) is 0. The Labute approximate surface area is 98.3 Å². The highest BCUT2D eigenvalue weighted by molar-refractivity contribution is 7.46. The zero-order chi connectivity index (χ0) is 13.1. The third-order valence-corrected chi connectivity index (χ3v) is 2.57. The van der Waals surface area contributed by atoms with E-state index in [2.05, 4.69) is 9.51 Å². The van der Waals surface area contributed by atoms with Crippen LogP contribution in [0.1, 0.15) is 16.8 Å². The minimum atomic E-state index is -4.55. The van der Waals surface area contributed by atoms with Gasteiger partial charge in [-0.25, -0.2) is 4.57 Å². The minimum Gasteiger partial charge on any atom is -0.506 e. The quantitative estimate of drug-likeness (QED) is 0.675. The molecule has 3 N–H and O–H groups in total. The van der Waals surface area contributed by atoms with Gasteiger partial charge in [0.1, 0.15) is 5.75 Å². The number of phosphoric ester groups is 1. The molecule has 0 aliphatic rings. The molecule has 0 bridgehead atoms. The number of aromatic hydroxyl groups is 1. The molecule has 96 valence electrons. The first-order valence-corrected chi connectivity index (χ1v) is 6.23. The van der Waals surface area contributed by atoms with Crippen LogP contribution in [0.5, 0.6) is 5.75 Å². The largest absolute Gasteiger partial charge is 0.506 e. The van der Waals surface area contributed by atoms with Gasteiger partial charge in [-0.15, -0.1) is 0 Å². The fraction of sp³-hybridized carbons (Fsp3) is 0.444. The van der Waals surface area contributed by atoms with Crippen LogP contribution in [0.25, 0.3) is 0 Å². The summed E-state index contributed by atoms with van der Waals surface area (Å²) in [4.78, 5) is 21.1. The molecule has 7 nitrogen and oxygen atoms in total. The average Bonchev–Trinajstić information content (AvgIpc) is 2.23. The molecular weight excluding hydrogens is 249 g/mol. The van der Waals surface area contributed by atoms with E-state index in [9.17, 15) is 9.67 Å². The Morgan fingerprint density at radius 3 is 2.59 bits per heavy atom. The maximum atomic E-state index is 10.6. The number of nitrogens with zero attached hydrogens (tertiary/aromatic N) is 1. The molecule has 0 saturated carbocycles. The summed E-state index contributed by atoms with van der Waals surface area (Å²) >= 11 is 0. The summed E-state index contributed by atoms with van der Waals surface area (Å²) in [5, 5.41) is 9.75. The lowest BCUT2D eigenvalue weighted by Gasteiger charge is -2.12. The van der Waals surface area contributed by atoms with Gasteiger partial charge in [0.15, 0.2) is 0 Å². The van der Waals surface area contributed by atoms with E-state index >= 15 is 0 Å². The van der Waals surface area contributed by atoms with Crippen molar-refractivity contribution in [1.29, 1.82) is 0 Å². The van der Waals surface area contributed by atoms with E-state index in [-0.39, 0.29) is 19.0 Å². The molecule has 0 aliphatic heterocycles. The normalized spacial score (nSPS) is 11.8. The molecule has 0 aliphatic carbocycles. The minimum absolute atomic E-state index is 0.0568. The van der Waals surface area contributed by atoms with Crippen LogP contribution in [0.3, 0.4) is 0 Å². The molecule has 8 heteroatoms. The van der Waals surface area contributed by atoms with Gasteiger partial charge in [-0.05, 0) is 6.92 Å². The fourth-order valence-corrected chi connectivity index (χ4v) is 1.57. The van der Waals surface area contributed by atoms with Crippen molar-refractivity contribution in [2.24, 2.45) is 0 Å². The van der Waals surface area contributed by atoms with Gasteiger partial charge in [-0.3, -0.25) is 9.51 Å². The molecule has 0 atom stereocenters. The molecule has 0 unspecified atom stereocenters. The van der Waals surface area contributed by atoms with Gasteiger partial charge >= 0.3 is 7.82 Å². The molecule has 0 amide bonds. The Morgan fingerprint density at radius 1 is 1.41 bits per heavy atom. The van der Waals surface area contributed by atoms with E-state index in [1.165, 1.54) is 13.3 Å². The molecule has 0 aromatic carbocycles. The first kappa shape index (κ1) is 14.1. The Kier molecular flexibility index (Phi) is 4.62. The van der Waals surface area contributed by atoms with Gasteiger partial charge in [0.05, 0.1) is 18.9 Å². The van der Waals surface area contributed by atoms with Crippen molar-refractivity contribution >= 4 is 7.82 Å². The number of aryl methyl sites for hydroxylation is 1. The molecule has 0 radical (unpaired) electrons. The number of methoxy groups -OCH3 is 1. The summed E-state index contributed by atoms with van der Waals surface area (Å²) in [6.45, 7) is 1.38. The van der Waals surface area contributed by atoms with Gasteiger partial charge in [0.2, 0.25) is 0 Å². The van der Waals surface area contributed by atoms with Crippen molar-refractivity contribution in [3.63, 3.8) is 0 Å². The number of rotatable bonds is 5. The van der Waals surface area contributed by atoms with E-state index in [1.54, 1.807) is 6.92 Å². The van der Waals surface area contributed by atoms with Gasteiger partial charge in [0, 0.05) is 24.4 Å². The molecular formula is C9H14NO6P. The lowest BCUT2D eigenvalue weighted by molar-refractivity contribution is 0.170. The first-order valence-electron chi connectivity index (χ1n) is 4.70. The van der Waals surface area contributed by atoms with E-state index < -0.39 is 7.82 Å². The number of hydrogen-bond acceptors (Lipinski definition) is 5. The Morgan fingerprint density at radius 2 is 2.06 bits per heavy atom. The summed E-state index contributed by atoms with van der Waals surface area (Å²) in [6.07, 6.45) is 1.39. The second-order valence-corrected chi connectivity index (χ2v) is 4.63. The van der Waals surface area contributed by atoms with Gasteiger partial charge in [-0.1, -0.05) is 0 Å². The number of ether oxygens (including phenoxy) is 1. The maximum absolute atomic E-state index is 10.6. The van der Waals surface area contributed by atoms with Crippen LogP contribution in [0.4, 0.5) is 0 Å². The number of phosphoric acid groups is 1. The van der Waals surface area contributed by atoms with Crippen molar-refractivity contribution in [3.8, 4) is 5.75 Å². The highest BCUT2D eigenvalue weighted by Gasteiger charge is 2.17. The van der Waals surface area contributed by atoms with Crippen LogP contribution in [-0.2, 0) is 27.0 Å². The maximum Gasteiger partial charge on any atom is 0.469 e. The molecule has 0 spiro atoms. The summed E-state index contributed by atoms with van der Waals surface area (Å²) in [5.41, 5.74) is 1.20. The van der Waals surface area contributed by atoms with Crippen LogP contribution in [0.15, 0.2) is 6.20 Å². The second kappa shape index (κ2) is 5.57. The smallest absolute Gasteiger partial charge is 0.469 e. The lowest BCUT2D eigenvalue weighted by Crippen LogP contribution is -2.02. The summed E-state index contributed by atoms with van der Waals surface area (Å²) < 4.78 is 19.8. The Hall–Kier alpha value is -0.980. The van der Waals surface area contributed by atoms with Crippen LogP contribution in [-0.4, -0.2) is 27.0 Å². The van der Waals surface area contributed by atoms with Crippen LogP contribution >= 0.6 is 7.82 Å². The lowest BCUT2D eigenvalue weighted by atomic mass is 10.1. The van der Waals surface area contributed by atoms with E-state index in [1.807, 2.05) is 0 Å². The Balaban J connectivity index is 2.98. The monoisotopic (exact) mass is 263 g/mol. The van der Waals surface area contributed by atoms with E-state index in [0.29, 0.717) is 16.8 Å². The SMILES string of the molecule is COCc1c(COP(=O)(O)O)cnc(C)c1O. The zero-order valence-electron chi connectivity index (χ0n) is 9.45. The van der Waals surface area contributed by atoms with Crippen molar-refractivity contribution < 1.29 is 28.7 Å².